The van der Waals surface area contributed by atoms with Crippen molar-refractivity contribution in [2.45, 2.75) is 0 Å². The highest BCUT2D eigenvalue weighted by Crippen LogP contribution is 2.36. The molecular weight excluding hydrogens is 397 g/mol. The third-order valence-electron chi connectivity index (χ3n) is 4.34. The average Bonchev–Trinajstić information content (AvgIpc) is 3.14. The van der Waals surface area contributed by atoms with Gasteiger partial charge in [-0.15, -0.1) is 11.3 Å². The molecule has 9 heteroatoms. The fourth-order valence-electron chi connectivity index (χ4n) is 2.86. The van der Waals surface area contributed by atoms with Crippen LogP contribution >= 0.6 is 11.3 Å². The van der Waals surface area contributed by atoms with Gasteiger partial charge in [-0.1, -0.05) is 11.8 Å². The summed E-state index contributed by atoms with van der Waals surface area (Å²) in [4.78, 5) is 17.5. The van der Waals surface area contributed by atoms with Crippen molar-refractivity contribution in [3.8, 4) is 23.3 Å². The Labute approximate surface area is 169 Å². The van der Waals surface area contributed by atoms with Crippen molar-refractivity contribution in [3.05, 3.63) is 57.3 Å². The molecule has 29 heavy (non-hydrogen) atoms. The number of aromatic nitrogens is 1. The molecule has 1 aliphatic rings. The fourth-order valence-corrected chi connectivity index (χ4v) is 3.80. The first kappa shape index (κ1) is 19.3. The highest BCUT2D eigenvalue weighted by atomic mass is 32.1. The van der Waals surface area contributed by atoms with Crippen LogP contribution in [0.1, 0.15) is 4.88 Å². The molecular formula is C20H16FN3O4S. The van der Waals surface area contributed by atoms with Gasteiger partial charge in [-0.25, -0.2) is 4.39 Å². The normalized spacial score (nSPS) is 14.4. The number of non-ortho nitro benzene ring substituents is 1. The maximum absolute atomic E-state index is 14.2. The van der Waals surface area contributed by atoms with E-state index in [9.17, 15) is 14.5 Å². The van der Waals surface area contributed by atoms with Crippen molar-refractivity contribution in [2.24, 2.45) is 0 Å². The van der Waals surface area contributed by atoms with Gasteiger partial charge in [0.25, 0.3) is 5.69 Å². The number of fused-ring (bicyclic) bond motifs is 1. The summed E-state index contributed by atoms with van der Waals surface area (Å²) in [5.41, 5.74) is 0.370. The molecule has 7 nitrogen and oxygen atoms in total. The van der Waals surface area contributed by atoms with E-state index in [-0.39, 0.29) is 11.4 Å². The molecule has 0 unspecified atom stereocenters. The van der Waals surface area contributed by atoms with Crippen LogP contribution in [0.3, 0.4) is 0 Å². The van der Waals surface area contributed by atoms with Crippen LogP contribution in [-0.2, 0) is 4.74 Å². The number of nitrogens with zero attached hydrogens (tertiary/aromatic N) is 3. The number of hydrogen-bond donors (Lipinski definition) is 0. The summed E-state index contributed by atoms with van der Waals surface area (Å²) in [6, 6.07) is 6.78. The fraction of sp³-hybridized carbons (Fsp3) is 0.250. The molecule has 0 bridgehead atoms. The molecule has 3 aromatic rings. The summed E-state index contributed by atoms with van der Waals surface area (Å²) < 4.78 is 25.9. The zero-order chi connectivity index (χ0) is 20.2. The van der Waals surface area contributed by atoms with Crippen LogP contribution in [-0.4, -0.2) is 47.7 Å². The Morgan fingerprint density at radius 1 is 1.28 bits per heavy atom. The van der Waals surface area contributed by atoms with Crippen molar-refractivity contribution >= 4 is 27.2 Å². The Morgan fingerprint density at radius 3 is 2.86 bits per heavy atom. The van der Waals surface area contributed by atoms with E-state index in [2.05, 4.69) is 21.7 Å². The first-order valence-corrected chi connectivity index (χ1v) is 9.71. The first-order chi connectivity index (χ1) is 14.1. The van der Waals surface area contributed by atoms with E-state index < -0.39 is 10.7 Å². The van der Waals surface area contributed by atoms with Crippen molar-refractivity contribution in [1.82, 2.24) is 9.88 Å². The number of nitro groups is 1. The van der Waals surface area contributed by atoms with Gasteiger partial charge in [0.1, 0.15) is 5.75 Å². The summed E-state index contributed by atoms with van der Waals surface area (Å²) in [7, 11) is 0. The lowest BCUT2D eigenvalue weighted by Crippen LogP contribution is -2.36. The Kier molecular flexibility index (Phi) is 5.67. The van der Waals surface area contributed by atoms with Crippen LogP contribution in [0.25, 0.3) is 10.2 Å². The quantitative estimate of drug-likeness (QED) is 0.368. The Balaban J connectivity index is 1.54. The van der Waals surface area contributed by atoms with Gasteiger partial charge in [0.2, 0.25) is 0 Å². The third-order valence-corrected chi connectivity index (χ3v) is 5.39. The van der Waals surface area contributed by atoms with E-state index in [1.165, 1.54) is 23.5 Å². The lowest BCUT2D eigenvalue weighted by atomic mass is 10.3. The predicted octanol–water partition coefficient (Wildman–Crippen LogP) is 3.82. The van der Waals surface area contributed by atoms with Gasteiger partial charge in [0, 0.05) is 31.4 Å². The molecule has 3 heterocycles. The zero-order valence-electron chi connectivity index (χ0n) is 15.3. The van der Waals surface area contributed by atoms with Crippen molar-refractivity contribution < 1.29 is 18.8 Å². The second-order valence-electron chi connectivity index (χ2n) is 6.30. The minimum atomic E-state index is -0.800. The SMILES string of the molecule is O=[N+]([O-])c1ccc(Oc2ccnc3cc(C#CCN4CCOCC4)sc23)c(F)c1. The molecule has 2 aromatic heterocycles. The van der Waals surface area contributed by atoms with E-state index in [1.807, 2.05) is 6.07 Å². The van der Waals surface area contributed by atoms with Crippen LogP contribution in [0.5, 0.6) is 11.5 Å². The van der Waals surface area contributed by atoms with Gasteiger partial charge in [0.15, 0.2) is 11.6 Å². The number of nitro benzene ring substituents is 1. The largest absolute Gasteiger partial charge is 0.453 e. The summed E-state index contributed by atoms with van der Waals surface area (Å²) in [5, 5.41) is 10.8. The molecule has 1 aliphatic heterocycles. The van der Waals surface area contributed by atoms with Gasteiger partial charge in [-0.2, -0.15) is 0 Å². The first-order valence-electron chi connectivity index (χ1n) is 8.89. The average molecular weight is 413 g/mol. The molecule has 0 aliphatic carbocycles. The van der Waals surface area contributed by atoms with Crippen molar-refractivity contribution in [3.63, 3.8) is 0 Å². The topological polar surface area (TPSA) is 77.7 Å². The van der Waals surface area contributed by atoms with Crippen LogP contribution in [0, 0.1) is 27.8 Å². The lowest BCUT2D eigenvalue weighted by Gasteiger charge is -2.24. The molecule has 0 spiro atoms. The van der Waals surface area contributed by atoms with Crippen LogP contribution in [0.15, 0.2) is 36.5 Å². The molecule has 0 atom stereocenters. The van der Waals surface area contributed by atoms with Gasteiger partial charge in [0.05, 0.1) is 45.8 Å². The molecule has 1 saturated heterocycles. The van der Waals surface area contributed by atoms with Crippen molar-refractivity contribution in [1.29, 1.82) is 0 Å². The summed E-state index contributed by atoms with van der Waals surface area (Å²) >= 11 is 1.41. The number of pyridine rings is 1. The Bertz CT molecular complexity index is 1120. The van der Waals surface area contributed by atoms with Gasteiger partial charge >= 0.3 is 0 Å². The van der Waals surface area contributed by atoms with E-state index in [0.29, 0.717) is 17.8 Å². The van der Waals surface area contributed by atoms with Crippen molar-refractivity contribution in [2.75, 3.05) is 32.8 Å². The molecule has 148 valence electrons. The van der Waals surface area contributed by atoms with Crippen LogP contribution in [0.4, 0.5) is 10.1 Å². The van der Waals surface area contributed by atoms with E-state index >= 15 is 0 Å². The smallest absolute Gasteiger partial charge is 0.272 e. The molecule has 0 radical (unpaired) electrons. The standard InChI is InChI=1S/C20H16FN3O4S/c21-16-12-14(24(25)26)3-4-18(16)28-19-5-6-22-17-13-15(29-20(17)19)2-1-7-23-8-10-27-11-9-23/h3-6,12-13H,7-11H2. The molecule has 0 amide bonds. The maximum Gasteiger partial charge on any atom is 0.272 e. The predicted molar refractivity (Wildman–Crippen MR) is 107 cm³/mol. The zero-order valence-corrected chi connectivity index (χ0v) is 16.1. The number of morpholine rings is 1. The number of rotatable bonds is 4. The van der Waals surface area contributed by atoms with E-state index in [0.717, 1.165) is 41.9 Å². The summed E-state index contributed by atoms with van der Waals surface area (Å²) in [6.45, 7) is 3.88. The molecule has 1 aromatic carbocycles. The second-order valence-corrected chi connectivity index (χ2v) is 7.35. The van der Waals surface area contributed by atoms with Gasteiger partial charge in [-0.3, -0.25) is 20.0 Å². The number of hydrogen-bond acceptors (Lipinski definition) is 7. The second kappa shape index (κ2) is 8.53. The maximum atomic E-state index is 14.2. The highest BCUT2D eigenvalue weighted by Gasteiger charge is 2.15. The van der Waals surface area contributed by atoms with Gasteiger partial charge < -0.3 is 9.47 Å². The van der Waals surface area contributed by atoms with E-state index in [4.69, 9.17) is 9.47 Å². The monoisotopic (exact) mass is 413 g/mol. The molecule has 0 saturated carbocycles. The van der Waals surface area contributed by atoms with Crippen LogP contribution in [0.2, 0.25) is 0 Å². The number of ether oxygens (including phenoxy) is 2. The minimum absolute atomic E-state index is 0.0866. The third kappa shape index (κ3) is 4.51. The minimum Gasteiger partial charge on any atom is -0.453 e. The summed E-state index contributed by atoms with van der Waals surface area (Å²) in [6.07, 6.45) is 1.57. The molecule has 0 N–H and O–H groups in total. The van der Waals surface area contributed by atoms with E-state index in [1.54, 1.807) is 12.3 Å². The molecule has 1 fully saturated rings. The summed E-state index contributed by atoms with van der Waals surface area (Å²) in [5.74, 6) is 5.85. The highest BCUT2D eigenvalue weighted by molar-refractivity contribution is 7.19. The Hall–Kier alpha value is -3.06. The Morgan fingerprint density at radius 2 is 2.10 bits per heavy atom. The molecule has 4 rings (SSSR count). The number of thiophene rings is 1. The number of benzene rings is 1. The number of halogens is 1. The van der Waals surface area contributed by atoms with Gasteiger partial charge in [-0.05, 0) is 12.1 Å². The van der Waals surface area contributed by atoms with Crippen LogP contribution < -0.4 is 4.74 Å². The lowest BCUT2D eigenvalue weighted by molar-refractivity contribution is -0.385.